The van der Waals surface area contributed by atoms with Crippen molar-refractivity contribution in [2.24, 2.45) is 5.92 Å². The molecule has 1 aliphatic rings. The normalized spacial score (nSPS) is 17.7. The summed E-state index contributed by atoms with van der Waals surface area (Å²) in [7, 11) is 0. The molecule has 0 spiro atoms. The van der Waals surface area contributed by atoms with Crippen molar-refractivity contribution < 1.29 is 9.59 Å². The van der Waals surface area contributed by atoms with E-state index in [9.17, 15) is 9.59 Å². The molecule has 0 radical (unpaired) electrons. The molecule has 1 aliphatic heterocycles. The predicted molar refractivity (Wildman–Crippen MR) is 84.2 cm³/mol. The first-order valence-corrected chi connectivity index (χ1v) is 7.57. The van der Waals surface area contributed by atoms with Crippen LogP contribution in [0.5, 0.6) is 0 Å². The van der Waals surface area contributed by atoms with Gasteiger partial charge in [-0.3, -0.25) is 9.59 Å². The number of carbonyl (C=O) groups is 2. The Bertz CT molecular complexity index is 589. The number of anilines is 1. The van der Waals surface area contributed by atoms with E-state index in [1.807, 2.05) is 11.0 Å². The Hall–Kier alpha value is -2.35. The molecule has 1 unspecified atom stereocenters. The van der Waals surface area contributed by atoms with Gasteiger partial charge in [-0.05, 0) is 43.0 Å². The molecular weight excluding hydrogens is 278 g/mol. The Balaban J connectivity index is 2.09. The third kappa shape index (κ3) is 3.85. The van der Waals surface area contributed by atoms with Gasteiger partial charge >= 0.3 is 0 Å². The Morgan fingerprint density at radius 1 is 1.36 bits per heavy atom. The highest BCUT2D eigenvalue weighted by molar-refractivity contribution is 5.97. The van der Waals surface area contributed by atoms with E-state index >= 15 is 0 Å². The van der Waals surface area contributed by atoms with Crippen molar-refractivity contribution in [3.8, 4) is 6.07 Å². The molecule has 0 aliphatic carbocycles. The van der Waals surface area contributed by atoms with E-state index in [1.54, 1.807) is 24.3 Å². The molecule has 1 fully saturated rings. The number of hydrogen-bond acceptors (Lipinski definition) is 3. The summed E-state index contributed by atoms with van der Waals surface area (Å²) in [4.78, 5) is 27.6. The van der Waals surface area contributed by atoms with Crippen LogP contribution in [0, 0.1) is 17.2 Å². The second-order valence-corrected chi connectivity index (χ2v) is 5.85. The minimum Gasteiger partial charge on any atom is -0.341 e. The van der Waals surface area contributed by atoms with Crippen LogP contribution in [0.4, 0.5) is 5.69 Å². The van der Waals surface area contributed by atoms with Gasteiger partial charge in [0.05, 0.1) is 11.6 Å². The largest absolute Gasteiger partial charge is 0.341 e. The molecule has 2 rings (SSSR count). The van der Waals surface area contributed by atoms with Gasteiger partial charge in [-0.15, -0.1) is 0 Å². The molecule has 22 heavy (non-hydrogen) atoms. The van der Waals surface area contributed by atoms with Crippen molar-refractivity contribution >= 4 is 17.5 Å². The number of rotatable bonds is 3. The number of benzene rings is 1. The lowest BCUT2D eigenvalue weighted by Crippen LogP contribution is -2.46. The molecule has 1 saturated heterocycles. The quantitative estimate of drug-likeness (QED) is 0.859. The van der Waals surface area contributed by atoms with Crippen LogP contribution in [0.25, 0.3) is 0 Å². The van der Waals surface area contributed by atoms with Gasteiger partial charge in [0.2, 0.25) is 11.8 Å². The average Bonchev–Trinajstić information content (AvgIpc) is 2.52. The first-order chi connectivity index (χ1) is 10.5. The van der Waals surface area contributed by atoms with Gasteiger partial charge < -0.3 is 9.80 Å². The second-order valence-electron chi connectivity index (χ2n) is 5.85. The van der Waals surface area contributed by atoms with Crippen LogP contribution in [0.3, 0.4) is 0 Å². The Labute approximate surface area is 131 Å². The van der Waals surface area contributed by atoms with Gasteiger partial charge in [0.15, 0.2) is 0 Å². The van der Waals surface area contributed by atoms with Crippen LogP contribution in [0.1, 0.15) is 32.3 Å². The van der Waals surface area contributed by atoms with Crippen molar-refractivity contribution in [1.29, 1.82) is 5.26 Å². The van der Waals surface area contributed by atoms with Crippen LogP contribution in [0.15, 0.2) is 24.3 Å². The summed E-state index contributed by atoms with van der Waals surface area (Å²) in [5.41, 5.74) is 1.17. The predicted octanol–water partition coefficient (Wildman–Crippen LogP) is 2.17. The van der Waals surface area contributed by atoms with E-state index in [1.165, 1.54) is 11.8 Å². The average molecular weight is 299 g/mol. The van der Waals surface area contributed by atoms with E-state index in [2.05, 4.69) is 6.92 Å². The molecule has 1 aromatic carbocycles. The number of piperidine rings is 1. The molecule has 1 aromatic rings. The maximum Gasteiger partial charge on any atom is 0.242 e. The summed E-state index contributed by atoms with van der Waals surface area (Å²) >= 11 is 0. The van der Waals surface area contributed by atoms with Crippen molar-refractivity contribution in [1.82, 2.24) is 4.90 Å². The number of nitrogens with zero attached hydrogens (tertiary/aromatic N) is 3. The van der Waals surface area contributed by atoms with Gasteiger partial charge in [-0.1, -0.05) is 6.92 Å². The Kier molecular flexibility index (Phi) is 5.16. The fourth-order valence-corrected chi connectivity index (χ4v) is 2.75. The van der Waals surface area contributed by atoms with E-state index in [-0.39, 0.29) is 18.4 Å². The smallest absolute Gasteiger partial charge is 0.242 e. The molecule has 0 saturated carbocycles. The maximum atomic E-state index is 12.4. The van der Waals surface area contributed by atoms with Crippen LogP contribution in [0.2, 0.25) is 0 Å². The lowest BCUT2D eigenvalue weighted by atomic mass is 10.0. The van der Waals surface area contributed by atoms with E-state index in [4.69, 9.17) is 5.26 Å². The monoisotopic (exact) mass is 299 g/mol. The fraction of sp³-hybridized carbons (Fsp3) is 0.471. The van der Waals surface area contributed by atoms with Crippen molar-refractivity contribution in [2.45, 2.75) is 26.7 Å². The highest BCUT2D eigenvalue weighted by atomic mass is 16.2. The Morgan fingerprint density at radius 3 is 2.59 bits per heavy atom. The zero-order valence-electron chi connectivity index (χ0n) is 13.1. The summed E-state index contributed by atoms with van der Waals surface area (Å²) in [6, 6.07) is 8.74. The third-order valence-electron chi connectivity index (χ3n) is 3.99. The van der Waals surface area contributed by atoms with Gasteiger partial charge in [0.25, 0.3) is 0 Å². The summed E-state index contributed by atoms with van der Waals surface area (Å²) in [5.74, 6) is 0.313. The topological polar surface area (TPSA) is 64.4 Å². The molecule has 1 atom stereocenters. The maximum absolute atomic E-state index is 12.4. The molecule has 0 bridgehead atoms. The van der Waals surface area contributed by atoms with Crippen molar-refractivity contribution in [3.05, 3.63) is 29.8 Å². The first-order valence-electron chi connectivity index (χ1n) is 7.57. The van der Waals surface area contributed by atoms with Gasteiger partial charge in [-0.25, -0.2) is 0 Å². The van der Waals surface area contributed by atoms with E-state index < -0.39 is 0 Å². The molecule has 0 aromatic heterocycles. The summed E-state index contributed by atoms with van der Waals surface area (Å²) in [6.45, 7) is 5.17. The van der Waals surface area contributed by atoms with Gasteiger partial charge in [-0.2, -0.15) is 5.26 Å². The number of hydrogen-bond donors (Lipinski definition) is 0. The lowest BCUT2D eigenvalue weighted by molar-refractivity contribution is -0.132. The zero-order chi connectivity index (χ0) is 16.1. The summed E-state index contributed by atoms with van der Waals surface area (Å²) in [5, 5.41) is 8.83. The highest BCUT2D eigenvalue weighted by Crippen LogP contribution is 2.18. The van der Waals surface area contributed by atoms with Crippen LogP contribution < -0.4 is 4.90 Å². The SMILES string of the molecule is CC(=O)N(CC(=O)N1CCCC(C)C1)c1ccc(C#N)cc1. The van der Waals surface area contributed by atoms with Crippen molar-refractivity contribution in [2.75, 3.05) is 24.5 Å². The summed E-state index contributed by atoms with van der Waals surface area (Å²) < 4.78 is 0. The standard InChI is InChI=1S/C17H21N3O2/c1-13-4-3-9-19(11-13)17(22)12-20(14(2)21)16-7-5-15(10-18)6-8-16/h5-8,13H,3-4,9,11-12H2,1-2H3. The number of amides is 2. The van der Waals surface area contributed by atoms with Crippen molar-refractivity contribution in [3.63, 3.8) is 0 Å². The number of likely N-dealkylation sites (tertiary alicyclic amines) is 1. The molecule has 116 valence electrons. The first kappa shape index (κ1) is 16.0. The fourth-order valence-electron chi connectivity index (χ4n) is 2.75. The molecule has 0 N–H and O–H groups in total. The highest BCUT2D eigenvalue weighted by Gasteiger charge is 2.24. The van der Waals surface area contributed by atoms with E-state index in [0.717, 1.165) is 25.9 Å². The number of carbonyl (C=O) groups excluding carboxylic acids is 2. The second kappa shape index (κ2) is 7.08. The molecule has 5 nitrogen and oxygen atoms in total. The van der Waals surface area contributed by atoms with Crippen LogP contribution in [-0.2, 0) is 9.59 Å². The van der Waals surface area contributed by atoms with E-state index in [0.29, 0.717) is 17.2 Å². The van der Waals surface area contributed by atoms with Gasteiger partial charge in [0.1, 0.15) is 6.54 Å². The van der Waals surface area contributed by atoms with Gasteiger partial charge in [0, 0.05) is 25.7 Å². The summed E-state index contributed by atoms with van der Waals surface area (Å²) in [6.07, 6.45) is 2.17. The number of nitriles is 1. The molecule has 2 amide bonds. The zero-order valence-corrected chi connectivity index (χ0v) is 13.1. The lowest BCUT2D eigenvalue weighted by Gasteiger charge is -2.32. The molecule has 1 heterocycles. The minimum absolute atomic E-state index is 0.0221. The third-order valence-corrected chi connectivity index (χ3v) is 3.99. The van der Waals surface area contributed by atoms with Crippen LogP contribution in [-0.4, -0.2) is 36.3 Å². The minimum atomic E-state index is -0.178. The molecule has 5 heteroatoms. The molecular formula is C17H21N3O2. The Morgan fingerprint density at radius 2 is 2.05 bits per heavy atom. The van der Waals surface area contributed by atoms with Crippen LogP contribution >= 0.6 is 0 Å².